The molecule has 15 heavy (non-hydrogen) atoms. The van der Waals surface area contributed by atoms with E-state index in [0.29, 0.717) is 12.1 Å². The standard InChI is InChI=1S/C12H19BBrN/c1-9(2)15(10(3)4)13-11-6-5-7-12(14)8-11/h5-10,13H,1-4H3. The molecule has 1 aromatic rings. The zero-order valence-corrected chi connectivity index (χ0v) is 11.6. The summed E-state index contributed by atoms with van der Waals surface area (Å²) in [5.41, 5.74) is 1.37. The van der Waals surface area contributed by atoms with Gasteiger partial charge in [-0.1, -0.05) is 67.3 Å². The Morgan fingerprint density at radius 3 is 2.20 bits per heavy atom. The molecule has 0 bridgehead atoms. The first-order chi connectivity index (χ1) is 7.00. The Morgan fingerprint density at radius 2 is 1.73 bits per heavy atom. The highest BCUT2D eigenvalue weighted by Gasteiger charge is 2.14. The third-order valence-corrected chi connectivity index (χ3v) is 3.07. The molecule has 0 saturated carbocycles. The first-order valence-corrected chi connectivity index (χ1v) is 6.30. The molecule has 0 fully saturated rings. The second-order valence-corrected chi connectivity index (χ2v) is 5.41. The summed E-state index contributed by atoms with van der Waals surface area (Å²) >= 11 is 3.51. The Morgan fingerprint density at radius 1 is 1.13 bits per heavy atom. The lowest BCUT2D eigenvalue weighted by Gasteiger charge is -2.30. The maximum atomic E-state index is 3.51. The lowest BCUT2D eigenvalue weighted by Crippen LogP contribution is -2.45. The van der Waals surface area contributed by atoms with Crippen LogP contribution in [0.3, 0.4) is 0 Å². The monoisotopic (exact) mass is 267 g/mol. The van der Waals surface area contributed by atoms with Crippen molar-refractivity contribution < 1.29 is 0 Å². The van der Waals surface area contributed by atoms with Gasteiger partial charge in [-0.05, 0) is 18.2 Å². The second kappa shape index (κ2) is 5.71. The van der Waals surface area contributed by atoms with Crippen molar-refractivity contribution in [3.8, 4) is 0 Å². The van der Waals surface area contributed by atoms with Gasteiger partial charge in [0, 0.05) is 4.47 Å². The van der Waals surface area contributed by atoms with E-state index in [-0.39, 0.29) is 0 Å². The van der Waals surface area contributed by atoms with Crippen LogP contribution in [0, 0.1) is 0 Å². The van der Waals surface area contributed by atoms with Crippen LogP contribution < -0.4 is 5.46 Å². The topological polar surface area (TPSA) is 3.24 Å². The van der Waals surface area contributed by atoms with Gasteiger partial charge in [-0.2, -0.15) is 0 Å². The van der Waals surface area contributed by atoms with Crippen LogP contribution in [-0.4, -0.2) is 24.3 Å². The maximum absolute atomic E-state index is 3.51. The smallest absolute Gasteiger partial charge is 0.239 e. The molecule has 1 nitrogen and oxygen atoms in total. The fourth-order valence-electron chi connectivity index (χ4n) is 1.81. The third-order valence-electron chi connectivity index (χ3n) is 2.58. The van der Waals surface area contributed by atoms with Crippen LogP contribution in [0.1, 0.15) is 27.7 Å². The fourth-order valence-corrected chi connectivity index (χ4v) is 2.25. The van der Waals surface area contributed by atoms with E-state index in [0.717, 1.165) is 11.9 Å². The van der Waals surface area contributed by atoms with Gasteiger partial charge in [0.05, 0.1) is 0 Å². The van der Waals surface area contributed by atoms with Crippen molar-refractivity contribution in [1.29, 1.82) is 0 Å². The lowest BCUT2D eigenvalue weighted by atomic mass is 9.78. The molecule has 0 unspecified atom stereocenters. The molecule has 0 aliphatic rings. The Hall–Kier alpha value is -0.275. The molecule has 0 spiro atoms. The molecule has 0 atom stereocenters. The second-order valence-electron chi connectivity index (χ2n) is 4.49. The van der Waals surface area contributed by atoms with Gasteiger partial charge in [-0.25, -0.2) is 0 Å². The summed E-state index contributed by atoms with van der Waals surface area (Å²) in [5, 5.41) is 0. The van der Waals surface area contributed by atoms with Crippen molar-refractivity contribution in [2.24, 2.45) is 0 Å². The minimum absolute atomic E-state index is 0.587. The molecule has 3 heteroatoms. The number of halogens is 1. The van der Waals surface area contributed by atoms with Gasteiger partial charge in [0.1, 0.15) is 0 Å². The van der Waals surface area contributed by atoms with Crippen LogP contribution in [0.5, 0.6) is 0 Å². The van der Waals surface area contributed by atoms with Gasteiger partial charge in [-0.3, -0.25) is 0 Å². The first-order valence-electron chi connectivity index (χ1n) is 5.51. The summed E-state index contributed by atoms with van der Waals surface area (Å²) in [6.45, 7) is 8.99. The average Bonchev–Trinajstić information content (AvgIpc) is 2.13. The molecule has 0 N–H and O–H groups in total. The van der Waals surface area contributed by atoms with Crippen LogP contribution in [0.4, 0.5) is 0 Å². The Kier molecular flexibility index (Phi) is 4.87. The average molecular weight is 268 g/mol. The Labute approximate surface area is 102 Å². The first kappa shape index (κ1) is 12.8. The molecule has 0 amide bonds. The highest BCUT2D eigenvalue weighted by Crippen LogP contribution is 2.07. The van der Waals surface area contributed by atoms with Gasteiger partial charge in [-0.15, -0.1) is 0 Å². The van der Waals surface area contributed by atoms with Gasteiger partial charge < -0.3 is 4.81 Å². The molecular weight excluding hydrogens is 249 g/mol. The van der Waals surface area contributed by atoms with E-state index in [1.54, 1.807) is 0 Å². The zero-order valence-electron chi connectivity index (χ0n) is 10.00. The van der Waals surface area contributed by atoms with Gasteiger partial charge >= 0.3 is 0 Å². The van der Waals surface area contributed by atoms with E-state index in [1.165, 1.54) is 5.46 Å². The normalized spacial score (nSPS) is 11.5. The van der Waals surface area contributed by atoms with Crippen molar-refractivity contribution in [1.82, 2.24) is 4.81 Å². The Balaban J connectivity index is 2.74. The molecule has 0 heterocycles. The quantitative estimate of drug-likeness (QED) is 0.758. The van der Waals surface area contributed by atoms with Gasteiger partial charge in [0.2, 0.25) is 7.41 Å². The zero-order chi connectivity index (χ0) is 11.4. The highest BCUT2D eigenvalue weighted by molar-refractivity contribution is 9.10. The van der Waals surface area contributed by atoms with E-state index in [9.17, 15) is 0 Å². The summed E-state index contributed by atoms with van der Waals surface area (Å²) in [7, 11) is 1.02. The number of nitrogens with zero attached hydrogens (tertiary/aromatic N) is 1. The SMILES string of the molecule is CC(C)N(Bc1cccc(Br)c1)C(C)C. The van der Waals surface area contributed by atoms with Crippen LogP contribution in [0.2, 0.25) is 0 Å². The van der Waals surface area contributed by atoms with Crippen LogP contribution >= 0.6 is 15.9 Å². The van der Waals surface area contributed by atoms with Crippen molar-refractivity contribution in [2.45, 2.75) is 39.8 Å². The molecule has 82 valence electrons. The summed E-state index contributed by atoms with van der Waals surface area (Å²) in [5.74, 6) is 0. The number of rotatable bonds is 4. The van der Waals surface area contributed by atoms with Crippen molar-refractivity contribution >= 4 is 28.8 Å². The molecule has 0 aromatic heterocycles. The molecule has 1 rings (SSSR count). The van der Waals surface area contributed by atoms with Crippen molar-refractivity contribution in [2.75, 3.05) is 0 Å². The highest BCUT2D eigenvalue weighted by atomic mass is 79.9. The molecule has 1 aromatic carbocycles. The summed E-state index contributed by atoms with van der Waals surface area (Å²) in [6, 6.07) is 9.71. The molecule has 0 aliphatic heterocycles. The van der Waals surface area contributed by atoms with E-state index < -0.39 is 0 Å². The molecular formula is C12H19BBrN. The number of benzene rings is 1. The minimum atomic E-state index is 0.587. The largest absolute Gasteiger partial charge is 0.337 e. The predicted octanol–water partition coefficient (Wildman–Crippen LogP) is 2.54. The molecule has 0 aliphatic carbocycles. The van der Waals surface area contributed by atoms with Crippen LogP contribution in [0.15, 0.2) is 28.7 Å². The van der Waals surface area contributed by atoms with E-state index in [4.69, 9.17) is 0 Å². The Bertz CT molecular complexity index is 304. The van der Waals surface area contributed by atoms with E-state index >= 15 is 0 Å². The summed E-state index contributed by atoms with van der Waals surface area (Å²) in [4.78, 5) is 2.49. The molecule has 0 saturated heterocycles. The van der Waals surface area contributed by atoms with Crippen molar-refractivity contribution in [3.05, 3.63) is 28.7 Å². The lowest BCUT2D eigenvalue weighted by molar-refractivity contribution is 0.315. The maximum Gasteiger partial charge on any atom is 0.239 e. The minimum Gasteiger partial charge on any atom is -0.337 e. The van der Waals surface area contributed by atoms with E-state index in [1.807, 2.05) is 0 Å². The van der Waals surface area contributed by atoms with Crippen molar-refractivity contribution in [3.63, 3.8) is 0 Å². The third kappa shape index (κ3) is 4.00. The van der Waals surface area contributed by atoms with E-state index in [2.05, 4.69) is 72.7 Å². The predicted molar refractivity (Wildman–Crippen MR) is 73.0 cm³/mol. The van der Waals surface area contributed by atoms with Gasteiger partial charge in [0.15, 0.2) is 0 Å². The number of hydrogen-bond acceptors (Lipinski definition) is 1. The van der Waals surface area contributed by atoms with Gasteiger partial charge in [0.25, 0.3) is 0 Å². The summed E-state index contributed by atoms with van der Waals surface area (Å²) in [6.07, 6.45) is 0. The van der Waals surface area contributed by atoms with Crippen LogP contribution in [0.25, 0.3) is 0 Å². The van der Waals surface area contributed by atoms with Crippen LogP contribution in [-0.2, 0) is 0 Å². The summed E-state index contributed by atoms with van der Waals surface area (Å²) < 4.78 is 1.16. The molecule has 0 radical (unpaired) electrons. The fraction of sp³-hybridized carbons (Fsp3) is 0.500. The number of hydrogen-bond donors (Lipinski definition) is 0.